The van der Waals surface area contributed by atoms with Crippen molar-refractivity contribution in [3.05, 3.63) is 0 Å². The third-order valence-electron chi connectivity index (χ3n) is 4.85. The lowest BCUT2D eigenvalue weighted by molar-refractivity contribution is -0.124. The average Bonchev–Trinajstić information content (AvgIpc) is 3.19. The molecule has 2 aliphatic heterocycles. The molecule has 2 N–H and O–H groups in total. The molecule has 128 valence electrons. The van der Waals surface area contributed by atoms with Crippen LogP contribution in [0.3, 0.4) is 0 Å². The Labute approximate surface area is 136 Å². The molecule has 1 saturated heterocycles. The van der Waals surface area contributed by atoms with Crippen molar-refractivity contribution in [3.63, 3.8) is 0 Å². The maximum atomic E-state index is 12.4. The zero-order valence-electron chi connectivity index (χ0n) is 13.7. The smallest absolute Gasteiger partial charge is 0.317 e. The SMILES string of the molecule is C[C@H]1CC(NC(=O)[C@@H]2CCCN(C(=O)NC3CCCC3)C2)=NO1. The monoisotopic (exact) mass is 322 g/mol. The largest absolute Gasteiger partial charge is 0.391 e. The van der Waals surface area contributed by atoms with Crippen LogP contribution in [0.2, 0.25) is 0 Å². The Balaban J connectivity index is 1.49. The van der Waals surface area contributed by atoms with Crippen molar-refractivity contribution in [1.82, 2.24) is 15.5 Å². The highest BCUT2D eigenvalue weighted by Crippen LogP contribution is 2.20. The second kappa shape index (κ2) is 7.19. The molecule has 0 spiro atoms. The lowest BCUT2D eigenvalue weighted by atomic mass is 9.97. The van der Waals surface area contributed by atoms with Gasteiger partial charge >= 0.3 is 6.03 Å². The second-order valence-electron chi connectivity index (χ2n) is 6.86. The number of nitrogens with zero attached hydrogens (tertiary/aromatic N) is 2. The van der Waals surface area contributed by atoms with E-state index in [9.17, 15) is 9.59 Å². The van der Waals surface area contributed by atoms with E-state index in [0.29, 0.717) is 24.8 Å². The first-order chi connectivity index (χ1) is 11.1. The van der Waals surface area contributed by atoms with Crippen LogP contribution in [0.1, 0.15) is 51.9 Å². The van der Waals surface area contributed by atoms with Gasteiger partial charge < -0.3 is 20.4 Å². The fourth-order valence-corrected chi connectivity index (χ4v) is 3.53. The molecule has 7 heteroatoms. The Bertz CT molecular complexity index is 488. The number of likely N-dealkylation sites (tertiary alicyclic amines) is 1. The molecule has 0 aromatic heterocycles. The molecule has 7 nitrogen and oxygen atoms in total. The van der Waals surface area contributed by atoms with Crippen LogP contribution >= 0.6 is 0 Å². The van der Waals surface area contributed by atoms with Crippen LogP contribution in [0, 0.1) is 5.92 Å². The molecule has 23 heavy (non-hydrogen) atoms. The first kappa shape index (κ1) is 16.1. The second-order valence-corrected chi connectivity index (χ2v) is 6.86. The average molecular weight is 322 g/mol. The maximum absolute atomic E-state index is 12.4. The Hall–Kier alpha value is -1.79. The number of amides is 3. The number of nitrogens with one attached hydrogen (secondary N) is 2. The summed E-state index contributed by atoms with van der Waals surface area (Å²) in [7, 11) is 0. The van der Waals surface area contributed by atoms with Crippen molar-refractivity contribution in [1.29, 1.82) is 0 Å². The summed E-state index contributed by atoms with van der Waals surface area (Å²) in [5.74, 6) is 0.367. The first-order valence-electron chi connectivity index (χ1n) is 8.71. The van der Waals surface area contributed by atoms with Gasteiger partial charge in [-0.25, -0.2) is 4.79 Å². The molecule has 2 heterocycles. The standard InChI is InChI=1S/C16H26N4O3/c1-11-9-14(19-23-11)18-15(21)12-5-4-8-20(10-12)16(22)17-13-6-2-3-7-13/h11-13H,2-10H2,1H3,(H,17,22)(H,18,19,21)/t11-,12+/m0/s1. The fraction of sp³-hybridized carbons (Fsp3) is 0.812. The minimum absolute atomic E-state index is 0.0188. The quantitative estimate of drug-likeness (QED) is 0.810. The van der Waals surface area contributed by atoms with Crippen molar-refractivity contribution in [3.8, 4) is 0 Å². The molecular weight excluding hydrogens is 296 g/mol. The number of rotatable bonds is 2. The highest BCUT2D eigenvalue weighted by atomic mass is 16.6. The van der Waals surface area contributed by atoms with Crippen LogP contribution < -0.4 is 10.6 Å². The van der Waals surface area contributed by atoms with Crippen molar-refractivity contribution < 1.29 is 14.4 Å². The summed E-state index contributed by atoms with van der Waals surface area (Å²) in [5.41, 5.74) is 0. The van der Waals surface area contributed by atoms with E-state index in [1.54, 1.807) is 4.90 Å². The molecule has 0 aromatic carbocycles. The van der Waals surface area contributed by atoms with E-state index in [-0.39, 0.29) is 24.0 Å². The Morgan fingerprint density at radius 1 is 1.22 bits per heavy atom. The van der Waals surface area contributed by atoms with E-state index in [1.165, 1.54) is 12.8 Å². The van der Waals surface area contributed by atoms with Crippen LogP contribution in [0.4, 0.5) is 4.79 Å². The van der Waals surface area contributed by atoms with E-state index in [4.69, 9.17) is 4.84 Å². The summed E-state index contributed by atoms with van der Waals surface area (Å²) in [5, 5.41) is 9.80. The van der Waals surface area contributed by atoms with Gasteiger partial charge in [0.1, 0.15) is 6.10 Å². The number of piperidine rings is 1. The van der Waals surface area contributed by atoms with Crippen LogP contribution in [-0.4, -0.2) is 47.9 Å². The van der Waals surface area contributed by atoms with Crippen LogP contribution in [0.5, 0.6) is 0 Å². The fourth-order valence-electron chi connectivity index (χ4n) is 3.53. The van der Waals surface area contributed by atoms with Gasteiger partial charge in [-0.15, -0.1) is 0 Å². The Kier molecular flexibility index (Phi) is 5.03. The normalized spacial score (nSPS) is 28.2. The van der Waals surface area contributed by atoms with Gasteiger partial charge in [0.05, 0.1) is 5.92 Å². The molecule has 3 aliphatic rings. The van der Waals surface area contributed by atoms with Gasteiger partial charge in [0.25, 0.3) is 0 Å². The third-order valence-corrected chi connectivity index (χ3v) is 4.85. The third kappa shape index (κ3) is 4.14. The molecule has 2 fully saturated rings. The summed E-state index contributed by atoms with van der Waals surface area (Å²) in [6, 6.07) is 0.285. The zero-order valence-corrected chi connectivity index (χ0v) is 13.7. The van der Waals surface area contributed by atoms with Crippen molar-refractivity contribution in [2.45, 2.75) is 64.0 Å². The first-order valence-corrected chi connectivity index (χ1v) is 8.71. The van der Waals surface area contributed by atoms with E-state index in [2.05, 4.69) is 15.8 Å². The molecule has 0 unspecified atom stereocenters. The van der Waals surface area contributed by atoms with E-state index in [1.807, 2.05) is 6.92 Å². The highest BCUT2D eigenvalue weighted by Gasteiger charge is 2.31. The van der Waals surface area contributed by atoms with Gasteiger partial charge in [0, 0.05) is 25.6 Å². The molecule has 3 amide bonds. The van der Waals surface area contributed by atoms with E-state index >= 15 is 0 Å². The topological polar surface area (TPSA) is 83.0 Å². The molecule has 0 radical (unpaired) electrons. The molecular formula is C16H26N4O3. The number of oxime groups is 1. The van der Waals surface area contributed by atoms with Crippen LogP contribution in [-0.2, 0) is 9.63 Å². The van der Waals surface area contributed by atoms with Gasteiger partial charge in [0.2, 0.25) is 5.91 Å². The van der Waals surface area contributed by atoms with Gasteiger partial charge in [0.15, 0.2) is 5.84 Å². The van der Waals surface area contributed by atoms with E-state index < -0.39 is 0 Å². The van der Waals surface area contributed by atoms with Gasteiger partial charge in [-0.3, -0.25) is 4.79 Å². The molecule has 2 atom stereocenters. The van der Waals surface area contributed by atoms with Crippen molar-refractivity contribution in [2.24, 2.45) is 11.1 Å². The predicted molar refractivity (Wildman–Crippen MR) is 85.8 cm³/mol. The summed E-state index contributed by atoms with van der Waals surface area (Å²) in [6.45, 7) is 3.12. The summed E-state index contributed by atoms with van der Waals surface area (Å²) in [4.78, 5) is 31.6. The predicted octanol–water partition coefficient (Wildman–Crippen LogP) is 1.59. The number of urea groups is 1. The summed E-state index contributed by atoms with van der Waals surface area (Å²) in [6.07, 6.45) is 6.84. The van der Waals surface area contributed by atoms with Crippen molar-refractivity contribution in [2.75, 3.05) is 13.1 Å². The van der Waals surface area contributed by atoms with Crippen LogP contribution in [0.15, 0.2) is 5.16 Å². The lowest BCUT2D eigenvalue weighted by Gasteiger charge is -2.32. The number of carbonyl (C=O) groups excluding carboxylic acids is 2. The summed E-state index contributed by atoms with van der Waals surface area (Å²) >= 11 is 0. The minimum atomic E-state index is -0.170. The highest BCUT2D eigenvalue weighted by molar-refractivity contribution is 5.99. The maximum Gasteiger partial charge on any atom is 0.317 e. The molecule has 3 rings (SSSR count). The minimum Gasteiger partial charge on any atom is -0.391 e. The molecule has 0 bridgehead atoms. The molecule has 1 saturated carbocycles. The Morgan fingerprint density at radius 3 is 2.70 bits per heavy atom. The van der Waals surface area contributed by atoms with Gasteiger partial charge in [-0.2, -0.15) is 0 Å². The van der Waals surface area contributed by atoms with Gasteiger partial charge in [-0.05, 0) is 32.6 Å². The van der Waals surface area contributed by atoms with Gasteiger partial charge in [-0.1, -0.05) is 18.0 Å². The van der Waals surface area contributed by atoms with E-state index in [0.717, 1.165) is 32.2 Å². The number of amidine groups is 1. The molecule has 0 aromatic rings. The number of hydrogen-bond acceptors (Lipinski definition) is 4. The number of hydrogen-bond donors (Lipinski definition) is 2. The lowest BCUT2D eigenvalue weighted by Crippen LogP contribution is -2.51. The molecule has 1 aliphatic carbocycles. The van der Waals surface area contributed by atoms with Crippen LogP contribution in [0.25, 0.3) is 0 Å². The van der Waals surface area contributed by atoms with Crippen molar-refractivity contribution >= 4 is 17.8 Å². The Morgan fingerprint density at radius 2 is 2.00 bits per heavy atom. The summed E-state index contributed by atoms with van der Waals surface area (Å²) < 4.78 is 0. The number of carbonyl (C=O) groups is 2. The zero-order chi connectivity index (χ0) is 16.2.